The Morgan fingerprint density at radius 3 is 2.71 bits per heavy atom. The lowest BCUT2D eigenvalue weighted by Gasteiger charge is -2.20. The quantitative estimate of drug-likeness (QED) is 0.714. The van der Waals surface area contributed by atoms with Gasteiger partial charge in [-0.15, -0.1) is 0 Å². The minimum atomic E-state index is -0.229. The van der Waals surface area contributed by atoms with Gasteiger partial charge in [0.05, 0.1) is 17.1 Å². The number of anilines is 1. The summed E-state index contributed by atoms with van der Waals surface area (Å²) in [6.45, 7) is 1.99. The van der Waals surface area contributed by atoms with Crippen LogP contribution < -0.4 is 5.32 Å². The van der Waals surface area contributed by atoms with Gasteiger partial charge in [0.1, 0.15) is 5.82 Å². The molecule has 4 rings (SSSR count). The number of nitrogens with zero attached hydrogens (tertiary/aromatic N) is 2. The van der Waals surface area contributed by atoms with Crippen LogP contribution in [0.2, 0.25) is 0 Å². The van der Waals surface area contributed by atoms with Crippen molar-refractivity contribution < 1.29 is 9.18 Å². The average molecular weight is 375 g/mol. The first-order valence-electron chi connectivity index (χ1n) is 9.66. The third kappa shape index (κ3) is 3.79. The summed E-state index contributed by atoms with van der Waals surface area (Å²) in [4.78, 5) is 21.9. The summed E-state index contributed by atoms with van der Waals surface area (Å²) in [6, 6.07) is 14.8. The first kappa shape index (κ1) is 18.3. The standard InChI is InChI=1S/C23H22FN3O/c1-2-19-23(27-21(28)13-8-15-6-4-3-5-7-15)26-20-12-9-16-14-17(24)10-11-18(16)22(20)25-19/h3-7,10-11,14H,2,8-9,12-13H2,1H3,(H,26,27,28). The van der Waals surface area contributed by atoms with E-state index in [1.165, 1.54) is 6.07 Å². The molecule has 2 aromatic carbocycles. The maximum Gasteiger partial charge on any atom is 0.225 e. The van der Waals surface area contributed by atoms with Crippen LogP contribution in [-0.4, -0.2) is 15.9 Å². The van der Waals surface area contributed by atoms with Crippen molar-refractivity contribution in [2.75, 3.05) is 5.32 Å². The molecule has 3 aromatic rings. The van der Waals surface area contributed by atoms with E-state index in [1.807, 2.05) is 37.3 Å². The molecule has 0 fully saturated rings. The molecule has 1 amide bonds. The Morgan fingerprint density at radius 1 is 1.11 bits per heavy atom. The third-order valence-electron chi connectivity index (χ3n) is 5.07. The molecule has 0 saturated heterocycles. The largest absolute Gasteiger partial charge is 0.309 e. The number of aryl methyl sites for hydroxylation is 4. The highest BCUT2D eigenvalue weighted by Gasteiger charge is 2.22. The lowest BCUT2D eigenvalue weighted by atomic mass is 9.91. The molecule has 0 unspecified atom stereocenters. The molecule has 5 heteroatoms. The van der Waals surface area contributed by atoms with Gasteiger partial charge in [0.25, 0.3) is 0 Å². The fourth-order valence-corrected chi connectivity index (χ4v) is 3.59. The van der Waals surface area contributed by atoms with Crippen LogP contribution in [0.25, 0.3) is 11.3 Å². The highest BCUT2D eigenvalue weighted by atomic mass is 19.1. The van der Waals surface area contributed by atoms with E-state index in [9.17, 15) is 9.18 Å². The van der Waals surface area contributed by atoms with Crippen LogP contribution >= 0.6 is 0 Å². The van der Waals surface area contributed by atoms with Gasteiger partial charge < -0.3 is 5.32 Å². The normalized spacial score (nSPS) is 12.2. The van der Waals surface area contributed by atoms with Crippen molar-refractivity contribution in [3.63, 3.8) is 0 Å². The van der Waals surface area contributed by atoms with Crippen LogP contribution in [0.3, 0.4) is 0 Å². The molecule has 0 bridgehead atoms. The summed E-state index contributed by atoms with van der Waals surface area (Å²) in [5, 5.41) is 2.94. The highest BCUT2D eigenvalue weighted by Crippen LogP contribution is 2.33. The van der Waals surface area contributed by atoms with Crippen molar-refractivity contribution in [3.8, 4) is 11.3 Å². The lowest BCUT2D eigenvalue weighted by Crippen LogP contribution is -2.18. The maximum atomic E-state index is 13.5. The third-order valence-corrected chi connectivity index (χ3v) is 5.07. The zero-order valence-electron chi connectivity index (χ0n) is 15.8. The van der Waals surface area contributed by atoms with Crippen LogP contribution in [0.5, 0.6) is 0 Å². The second-order valence-corrected chi connectivity index (χ2v) is 7.00. The molecule has 28 heavy (non-hydrogen) atoms. The van der Waals surface area contributed by atoms with Gasteiger partial charge in [0, 0.05) is 12.0 Å². The van der Waals surface area contributed by atoms with E-state index in [-0.39, 0.29) is 11.7 Å². The van der Waals surface area contributed by atoms with E-state index >= 15 is 0 Å². The van der Waals surface area contributed by atoms with Crippen molar-refractivity contribution >= 4 is 11.7 Å². The summed E-state index contributed by atoms with van der Waals surface area (Å²) in [5.41, 5.74) is 5.45. The fourth-order valence-electron chi connectivity index (χ4n) is 3.59. The zero-order chi connectivity index (χ0) is 19.5. The molecule has 0 atom stereocenters. The number of carbonyl (C=O) groups is 1. The van der Waals surface area contributed by atoms with E-state index < -0.39 is 0 Å². The Balaban J connectivity index is 1.55. The van der Waals surface area contributed by atoms with Gasteiger partial charge in [-0.2, -0.15) is 0 Å². The van der Waals surface area contributed by atoms with Crippen molar-refractivity contribution in [3.05, 3.63) is 76.9 Å². The lowest BCUT2D eigenvalue weighted by molar-refractivity contribution is -0.116. The Hall–Kier alpha value is -3.08. The van der Waals surface area contributed by atoms with Gasteiger partial charge in [0.15, 0.2) is 5.82 Å². The molecule has 1 aliphatic rings. The van der Waals surface area contributed by atoms with Crippen molar-refractivity contribution in [2.24, 2.45) is 0 Å². The fraction of sp³-hybridized carbons (Fsp3) is 0.261. The minimum absolute atomic E-state index is 0.0638. The second kappa shape index (κ2) is 7.89. The smallest absolute Gasteiger partial charge is 0.225 e. The van der Waals surface area contributed by atoms with Crippen molar-refractivity contribution in [1.29, 1.82) is 0 Å². The van der Waals surface area contributed by atoms with Crippen LogP contribution in [0.1, 0.15) is 35.9 Å². The van der Waals surface area contributed by atoms with E-state index in [0.29, 0.717) is 31.5 Å². The zero-order valence-corrected chi connectivity index (χ0v) is 15.8. The molecule has 0 aliphatic heterocycles. The number of carbonyl (C=O) groups excluding carboxylic acids is 1. The number of amides is 1. The number of hydrogen-bond donors (Lipinski definition) is 1. The van der Waals surface area contributed by atoms with E-state index in [1.54, 1.807) is 12.1 Å². The number of hydrogen-bond acceptors (Lipinski definition) is 3. The van der Waals surface area contributed by atoms with E-state index in [0.717, 1.165) is 40.2 Å². The maximum absolute atomic E-state index is 13.5. The molecular formula is C23H22FN3O. The number of fused-ring (bicyclic) bond motifs is 3. The first-order valence-corrected chi connectivity index (χ1v) is 9.66. The van der Waals surface area contributed by atoms with Gasteiger partial charge in [0.2, 0.25) is 5.91 Å². The number of rotatable bonds is 5. The number of benzene rings is 2. The topological polar surface area (TPSA) is 54.9 Å². The van der Waals surface area contributed by atoms with Crippen molar-refractivity contribution in [1.82, 2.24) is 9.97 Å². The molecule has 1 aromatic heterocycles. The van der Waals surface area contributed by atoms with E-state index in [4.69, 9.17) is 9.97 Å². The van der Waals surface area contributed by atoms with Gasteiger partial charge in [-0.25, -0.2) is 14.4 Å². The molecule has 0 saturated carbocycles. The molecule has 1 heterocycles. The van der Waals surface area contributed by atoms with Crippen molar-refractivity contribution in [2.45, 2.75) is 39.0 Å². The minimum Gasteiger partial charge on any atom is -0.309 e. The molecule has 142 valence electrons. The van der Waals surface area contributed by atoms with Crippen LogP contribution in [0.4, 0.5) is 10.2 Å². The monoisotopic (exact) mass is 375 g/mol. The van der Waals surface area contributed by atoms with Gasteiger partial charge in [-0.3, -0.25) is 4.79 Å². The Labute approximate surface area is 163 Å². The predicted octanol–water partition coefficient (Wildman–Crippen LogP) is 4.52. The van der Waals surface area contributed by atoms with E-state index in [2.05, 4.69) is 5.32 Å². The molecule has 1 N–H and O–H groups in total. The Morgan fingerprint density at radius 2 is 1.93 bits per heavy atom. The van der Waals surface area contributed by atoms with Gasteiger partial charge in [-0.05, 0) is 55.0 Å². The van der Waals surface area contributed by atoms with Crippen LogP contribution in [0.15, 0.2) is 48.5 Å². The second-order valence-electron chi connectivity index (χ2n) is 7.00. The number of halogens is 1. The number of aromatic nitrogens is 2. The van der Waals surface area contributed by atoms with Gasteiger partial charge >= 0.3 is 0 Å². The molecule has 1 aliphatic carbocycles. The Bertz CT molecular complexity index is 1020. The summed E-state index contributed by atoms with van der Waals surface area (Å²) in [5.74, 6) is 0.254. The average Bonchev–Trinajstić information content (AvgIpc) is 2.72. The molecule has 0 spiro atoms. The number of nitrogens with one attached hydrogen (secondary N) is 1. The molecular weight excluding hydrogens is 353 g/mol. The summed E-state index contributed by atoms with van der Waals surface area (Å²) in [7, 11) is 0. The summed E-state index contributed by atoms with van der Waals surface area (Å²) in [6.07, 6.45) is 3.15. The molecule has 4 nitrogen and oxygen atoms in total. The van der Waals surface area contributed by atoms with Gasteiger partial charge in [-0.1, -0.05) is 37.3 Å². The summed E-state index contributed by atoms with van der Waals surface area (Å²) >= 11 is 0. The SMILES string of the molecule is CCc1nc2c(nc1NC(=O)CCc1ccccc1)CCc1cc(F)ccc1-2. The molecule has 0 radical (unpaired) electrons. The van der Waals surface area contributed by atoms with Crippen LogP contribution in [-0.2, 0) is 30.5 Å². The highest BCUT2D eigenvalue weighted by molar-refractivity contribution is 5.90. The Kier molecular flexibility index (Phi) is 5.15. The predicted molar refractivity (Wildman–Crippen MR) is 108 cm³/mol. The first-order chi connectivity index (χ1) is 13.6. The summed E-state index contributed by atoms with van der Waals surface area (Å²) < 4.78 is 13.5. The van der Waals surface area contributed by atoms with Crippen LogP contribution in [0, 0.1) is 5.82 Å².